The van der Waals surface area contributed by atoms with Gasteiger partial charge in [-0.1, -0.05) is 103 Å². The average Bonchev–Trinajstić information content (AvgIpc) is 4.24. The third-order valence-corrected chi connectivity index (χ3v) is 13.1. The summed E-state index contributed by atoms with van der Waals surface area (Å²) < 4.78 is 4.04. The first kappa shape index (κ1) is 46.3. The van der Waals surface area contributed by atoms with Crippen molar-refractivity contribution in [3.63, 3.8) is 0 Å². The summed E-state index contributed by atoms with van der Waals surface area (Å²) in [6.45, 7) is 4.76. The van der Waals surface area contributed by atoms with Crippen molar-refractivity contribution in [1.29, 1.82) is 0 Å². The van der Waals surface area contributed by atoms with E-state index in [4.69, 9.17) is 9.97 Å². The molecule has 3 atom stereocenters. The number of hydrogen-bond acceptors (Lipinski definition) is 7. The van der Waals surface area contributed by atoms with E-state index in [-0.39, 0.29) is 30.3 Å². The fraction of sp³-hybridized carbons (Fsp3) is 0.315. The number of H-pyrrole nitrogens is 2. The highest BCUT2D eigenvalue weighted by atomic mass is 16.4. The molecule has 69 heavy (non-hydrogen) atoms. The average molecular weight is 926 g/mol. The zero-order valence-electron chi connectivity index (χ0n) is 39.0. The van der Waals surface area contributed by atoms with Gasteiger partial charge in [-0.15, -0.1) is 0 Å². The lowest BCUT2D eigenvalue weighted by Crippen LogP contribution is -2.49. The first-order valence-electron chi connectivity index (χ1n) is 24.0. The van der Waals surface area contributed by atoms with Gasteiger partial charge in [0, 0.05) is 51.4 Å². The number of likely N-dealkylation sites (tertiary alicyclic amines) is 2. The third-order valence-electron chi connectivity index (χ3n) is 13.1. The minimum absolute atomic E-state index is 0.0748. The number of nitrogens with one attached hydrogen (secondary N) is 3. The highest BCUT2D eigenvalue weighted by molar-refractivity contribution is 5.86. The molecular formula is C54H59N11O4. The van der Waals surface area contributed by atoms with Crippen molar-refractivity contribution in [2.24, 2.45) is 0 Å². The lowest BCUT2D eigenvalue weighted by molar-refractivity contribution is -0.134. The normalized spacial score (nSPS) is 16.5. The Kier molecular flexibility index (Phi) is 14.7. The number of unbranched alkanes of at least 4 members (excludes halogenated alkanes) is 1. The molecule has 0 unspecified atom stereocenters. The molecule has 0 spiro atoms. The molecule has 0 aliphatic carbocycles. The molecule has 2 aliphatic heterocycles. The molecule has 2 fully saturated rings. The van der Waals surface area contributed by atoms with E-state index < -0.39 is 12.1 Å². The number of amides is 3. The van der Waals surface area contributed by atoms with Crippen molar-refractivity contribution < 1.29 is 19.5 Å². The van der Waals surface area contributed by atoms with E-state index in [0.717, 1.165) is 95.9 Å². The molecule has 354 valence electrons. The minimum Gasteiger partial charge on any atom is -0.465 e. The van der Waals surface area contributed by atoms with E-state index >= 15 is 0 Å². The molecule has 2 saturated heterocycles. The Morgan fingerprint density at radius 3 is 1.99 bits per heavy atom. The second-order valence-electron chi connectivity index (χ2n) is 17.9. The van der Waals surface area contributed by atoms with Crippen LogP contribution in [-0.2, 0) is 35.5 Å². The molecule has 4 aromatic heterocycles. The third kappa shape index (κ3) is 11.5. The van der Waals surface area contributed by atoms with Gasteiger partial charge in [-0.25, -0.2) is 24.7 Å². The van der Waals surface area contributed by atoms with Crippen LogP contribution in [-0.4, -0.2) is 91.0 Å². The molecule has 4 N–H and O–H groups in total. The summed E-state index contributed by atoms with van der Waals surface area (Å²) in [4.78, 5) is 68.6. The van der Waals surface area contributed by atoms with Crippen molar-refractivity contribution in [1.82, 2.24) is 54.2 Å². The number of aryl methyl sites for hydroxylation is 2. The lowest BCUT2D eigenvalue weighted by Gasteiger charge is -2.27. The minimum atomic E-state index is -1.26. The number of nitrogens with zero attached hydrogens (tertiary/aromatic N) is 8. The number of imidazole rings is 4. The Labute approximate surface area is 402 Å². The Bertz CT molecular complexity index is 2870. The molecule has 6 heterocycles. The topological polar surface area (TPSA) is 183 Å². The van der Waals surface area contributed by atoms with Gasteiger partial charge in [0.2, 0.25) is 11.8 Å². The Hall–Kier alpha value is -7.81. The van der Waals surface area contributed by atoms with Crippen molar-refractivity contribution in [2.75, 3.05) is 13.1 Å². The number of carbonyl (C=O) groups excluding carboxylic acids is 2. The summed E-state index contributed by atoms with van der Waals surface area (Å²) in [6, 6.07) is 25.2. The van der Waals surface area contributed by atoms with Crippen molar-refractivity contribution >= 4 is 17.9 Å². The number of carbonyl (C=O) groups is 3. The van der Waals surface area contributed by atoms with Gasteiger partial charge in [-0.3, -0.25) is 9.59 Å². The maximum absolute atomic E-state index is 14.0. The zero-order valence-corrected chi connectivity index (χ0v) is 39.0. The van der Waals surface area contributed by atoms with Crippen LogP contribution in [0.1, 0.15) is 92.6 Å². The number of aromatic amines is 2. The summed E-state index contributed by atoms with van der Waals surface area (Å²) in [5.74, 6) is 1.32. The van der Waals surface area contributed by atoms with Gasteiger partial charge < -0.3 is 39.3 Å². The van der Waals surface area contributed by atoms with E-state index in [1.54, 1.807) is 17.4 Å². The SMILES string of the molecule is C/C=C\C=C/CCCn1cnc(CCC(=O)N2CCC[C@H]2c2ncc(-c3ccc(-c4ccc(-c5cnc([C@@H]6CCCN6C(=O)[C@H](Cc6cn(Cc7ccccc7)cn6)NC(=O)O)[nH]5)cc4)cc3)[nH]2)c1. The van der Waals surface area contributed by atoms with Crippen molar-refractivity contribution in [3.05, 3.63) is 169 Å². The second-order valence-corrected chi connectivity index (χ2v) is 17.9. The van der Waals surface area contributed by atoms with Gasteiger partial charge in [0.25, 0.3) is 0 Å². The summed E-state index contributed by atoms with van der Waals surface area (Å²) in [6.07, 6.45) is 24.7. The maximum atomic E-state index is 14.0. The van der Waals surface area contributed by atoms with Crippen LogP contribution in [0.3, 0.4) is 0 Å². The largest absolute Gasteiger partial charge is 0.465 e. The quantitative estimate of drug-likeness (QED) is 0.0457. The molecule has 0 saturated carbocycles. The van der Waals surface area contributed by atoms with Crippen LogP contribution >= 0.6 is 0 Å². The highest BCUT2D eigenvalue weighted by Gasteiger charge is 2.37. The maximum Gasteiger partial charge on any atom is 0.405 e. The molecular weight excluding hydrogens is 867 g/mol. The van der Waals surface area contributed by atoms with E-state index in [1.165, 1.54) is 0 Å². The summed E-state index contributed by atoms with van der Waals surface area (Å²) in [5.41, 5.74) is 8.52. The van der Waals surface area contributed by atoms with Crippen LogP contribution in [0.4, 0.5) is 4.79 Å². The van der Waals surface area contributed by atoms with Crippen LogP contribution in [0.2, 0.25) is 0 Å². The highest BCUT2D eigenvalue weighted by Crippen LogP contribution is 2.35. The number of rotatable bonds is 19. The zero-order chi connectivity index (χ0) is 47.5. The fourth-order valence-corrected chi connectivity index (χ4v) is 9.52. The number of hydrogen-bond donors (Lipinski definition) is 4. The number of benzene rings is 3. The smallest absolute Gasteiger partial charge is 0.405 e. The van der Waals surface area contributed by atoms with E-state index in [2.05, 4.69) is 96.7 Å². The first-order chi connectivity index (χ1) is 33.8. The standard InChI is InChI=1S/C54H59N11O4/c1-2-3-4-5-6-10-27-62-34-43(57-36-62)25-26-50(66)64-28-11-15-48(64)51-55-31-46(59-51)41-21-17-39(18-22-41)40-19-23-42(24-20-40)47-32-56-52(60-47)49-16-12-29-65(49)53(67)45(61-54(68)69)30-44-35-63(37-58-44)33-38-13-8-7-9-14-38/h2-5,7-9,13-14,17-24,31-32,34-37,45,48-49,61H,6,10-12,15-16,25-30,33H2,1H3,(H,55,59)(H,56,60)(H,68,69)/b3-2-,5-4-/t45-,48-,49-/m0/s1. The molecule has 7 aromatic rings. The Morgan fingerprint density at radius 2 is 1.33 bits per heavy atom. The van der Waals surface area contributed by atoms with Gasteiger partial charge in [-0.05, 0) is 79.7 Å². The Balaban J connectivity index is 0.783. The number of carboxylic acid groups (broad SMARTS) is 1. The van der Waals surface area contributed by atoms with Crippen molar-refractivity contribution in [3.8, 4) is 33.6 Å². The van der Waals surface area contributed by atoms with Gasteiger partial charge >= 0.3 is 6.09 Å². The summed E-state index contributed by atoms with van der Waals surface area (Å²) >= 11 is 0. The van der Waals surface area contributed by atoms with Crippen LogP contribution in [0.25, 0.3) is 33.6 Å². The number of allylic oxidation sites excluding steroid dienone is 4. The first-order valence-corrected chi connectivity index (χ1v) is 24.0. The van der Waals surface area contributed by atoms with Crippen LogP contribution in [0, 0.1) is 0 Å². The van der Waals surface area contributed by atoms with Crippen LogP contribution < -0.4 is 5.32 Å². The molecule has 15 heteroatoms. The fourth-order valence-electron chi connectivity index (χ4n) is 9.52. The molecule has 3 amide bonds. The van der Waals surface area contributed by atoms with Gasteiger partial charge in [-0.2, -0.15) is 0 Å². The van der Waals surface area contributed by atoms with E-state index in [9.17, 15) is 19.5 Å². The van der Waals surface area contributed by atoms with E-state index in [1.807, 2.05) is 77.6 Å². The predicted octanol–water partition coefficient (Wildman–Crippen LogP) is 9.33. The summed E-state index contributed by atoms with van der Waals surface area (Å²) in [7, 11) is 0. The summed E-state index contributed by atoms with van der Waals surface area (Å²) in [5, 5.41) is 12.2. The molecule has 9 rings (SSSR count). The van der Waals surface area contributed by atoms with E-state index in [0.29, 0.717) is 43.9 Å². The monoisotopic (exact) mass is 925 g/mol. The molecule has 0 radical (unpaired) electrons. The van der Waals surface area contributed by atoms with Crippen LogP contribution in [0.15, 0.2) is 141 Å². The van der Waals surface area contributed by atoms with Gasteiger partial charge in [0.1, 0.15) is 17.7 Å². The van der Waals surface area contributed by atoms with Crippen LogP contribution in [0.5, 0.6) is 0 Å². The van der Waals surface area contributed by atoms with Gasteiger partial charge in [0.15, 0.2) is 0 Å². The number of aromatic nitrogens is 8. The molecule has 2 aliphatic rings. The molecule has 0 bridgehead atoms. The lowest BCUT2D eigenvalue weighted by atomic mass is 10.0. The molecule has 3 aromatic carbocycles. The molecule has 15 nitrogen and oxygen atoms in total. The second kappa shape index (κ2) is 21.9. The predicted molar refractivity (Wildman–Crippen MR) is 265 cm³/mol. The van der Waals surface area contributed by atoms with Gasteiger partial charge in [0.05, 0.1) is 59.9 Å². The Morgan fingerprint density at radius 1 is 0.739 bits per heavy atom. The van der Waals surface area contributed by atoms with Crippen molar-refractivity contribution in [2.45, 2.75) is 95.9 Å².